The lowest BCUT2D eigenvalue weighted by Crippen LogP contribution is -2.13. The minimum atomic E-state index is 0.0107. The van der Waals surface area contributed by atoms with Crippen LogP contribution in [0.1, 0.15) is 26.7 Å². The van der Waals surface area contributed by atoms with Crippen molar-refractivity contribution in [1.29, 1.82) is 0 Å². The quantitative estimate of drug-likeness (QED) is 0.531. The molecule has 0 aromatic rings. The molecule has 0 saturated heterocycles. The Hall–Kier alpha value is -0.600. The number of rotatable bonds is 5. The predicted octanol–water partition coefficient (Wildman–Crippen LogP) is 2.79. The van der Waals surface area contributed by atoms with E-state index in [1.165, 1.54) is 0 Å². The summed E-state index contributed by atoms with van der Waals surface area (Å²) in [6.07, 6.45) is 2.25. The van der Waals surface area contributed by atoms with Crippen LogP contribution in [0, 0.1) is 0 Å². The second-order valence-electron chi connectivity index (χ2n) is 2.22. The molecule has 0 amide bonds. The van der Waals surface area contributed by atoms with Crippen LogP contribution in [-0.2, 0) is 4.74 Å². The van der Waals surface area contributed by atoms with Crippen LogP contribution in [0.2, 0.25) is 0 Å². The van der Waals surface area contributed by atoms with E-state index in [-0.39, 0.29) is 12.7 Å². The van der Waals surface area contributed by atoms with Crippen LogP contribution < -0.4 is 0 Å². The minimum absolute atomic E-state index is 0.0107. The van der Waals surface area contributed by atoms with Crippen molar-refractivity contribution >= 4 is 0 Å². The largest absolute Gasteiger partial charge is 0.394 e. The van der Waals surface area contributed by atoms with Crippen molar-refractivity contribution < 1.29 is 9.84 Å². The second kappa shape index (κ2) is 22.5. The third-order valence-electron chi connectivity index (χ3n) is 1.16. The number of hydrogen-bond acceptors (Lipinski definition) is 2. The Kier molecular flexibility index (Phi) is 31.6. The molecule has 0 saturated carbocycles. The molecule has 13 heavy (non-hydrogen) atoms. The molecular weight excluding hydrogens is 164 g/mol. The van der Waals surface area contributed by atoms with Gasteiger partial charge in [-0.15, -0.1) is 26.3 Å². The van der Waals surface area contributed by atoms with Gasteiger partial charge in [-0.2, -0.15) is 0 Å². The lowest BCUT2D eigenvalue weighted by atomic mass is 10.3. The lowest BCUT2D eigenvalue weighted by Gasteiger charge is -2.07. The molecule has 0 radical (unpaired) electrons. The molecule has 0 rings (SSSR count). The van der Waals surface area contributed by atoms with E-state index in [2.05, 4.69) is 33.2 Å². The molecule has 80 valence electrons. The third kappa shape index (κ3) is 24.6. The number of aliphatic hydroxyl groups excluding tert-OH is 1. The van der Waals surface area contributed by atoms with Crippen molar-refractivity contribution in [3.05, 3.63) is 26.3 Å². The summed E-state index contributed by atoms with van der Waals surface area (Å²) in [7, 11) is 0. The van der Waals surface area contributed by atoms with Gasteiger partial charge < -0.3 is 9.84 Å². The van der Waals surface area contributed by atoms with Gasteiger partial charge in [0.25, 0.3) is 0 Å². The Morgan fingerprint density at radius 2 is 1.69 bits per heavy atom. The first kappa shape index (κ1) is 18.2. The maximum absolute atomic E-state index is 8.51. The Morgan fingerprint density at radius 1 is 1.23 bits per heavy atom. The van der Waals surface area contributed by atoms with Gasteiger partial charge in [-0.25, -0.2) is 0 Å². The van der Waals surface area contributed by atoms with Crippen LogP contribution in [0.5, 0.6) is 0 Å². The monoisotopic (exact) mass is 188 g/mol. The van der Waals surface area contributed by atoms with Crippen molar-refractivity contribution in [2.45, 2.75) is 32.8 Å². The van der Waals surface area contributed by atoms with Crippen molar-refractivity contribution in [2.75, 3.05) is 13.2 Å². The van der Waals surface area contributed by atoms with Gasteiger partial charge in [0.15, 0.2) is 0 Å². The topological polar surface area (TPSA) is 29.5 Å². The predicted molar refractivity (Wildman–Crippen MR) is 59.9 cm³/mol. The molecule has 0 fully saturated rings. The van der Waals surface area contributed by atoms with Crippen LogP contribution in [0.25, 0.3) is 0 Å². The molecular formula is C11H24O2. The molecule has 2 nitrogen and oxygen atoms in total. The first-order chi connectivity index (χ1) is 6.31. The number of ether oxygens (including phenoxy) is 1. The summed E-state index contributed by atoms with van der Waals surface area (Å²) >= 11 is 0. The van der Waals surface area contributed by atoms with Crippen LogP contribution >= 0.6 is 0 Å². The number of unbranched alkanes of at least 4 members (excludes halogenated alkanes) is 1. The minimum Gasteiger partial charge on any atom is -0.394 e. The zero-order chi connectivity index (χ0) is 11.1. The van der Waals surface area contributed by atoms with Crippen LogP contribution in [0.4, 0.5) is 0 Å². The van der Waals surface area contributed by atoms with E-state index in [4.69, 9.17) is 9.84 Å². The highest BCUT2D eigenvalue weighted by Gasteiger charge is 1.96. The molecule has 0 aliphatic rings. The van der Waals surface area contributed by atoms with E-state index in [9.17, 15) is 0 Å². The Bertz CT molecular complexity index is 72.5. The molecule has 0 aromatic heterocycles. The van der Waals surface area contributed by atoms with Gasteiger partial charge in [0.2, 0.25) is 0 Å². The fourth-order valence-corrected chi connectivity index (χ4v) is 0.482. The smallest absolute Gasteiger partial charge is 0.0777 e. The summed E-state index contributed by atoms with van der Waals surface area (Å²) in [5.41, 5.74) is 0. The van der Waals surface area contributed by atoms with E-state index in [0.29, 0.717) is 0 Å². The summed E-state index contributed by atoms with van der Waals surface area (Å²) in [4.78, 5) is 0. The van der Waals surface area contributed by atoms with Gasteiger partial charge >= 0.3 is 0 Å². The highest BCUT2D eigenvalue weighted by atomic mass is 16.5. The first-order valence-corrected chi connectivity index (χ1v) is 4.53. The first-order valence-electron chi connectivity index (χ1n) is 4.53. The Labute approximate surface area is 82.9 Å². The van der Waals surface area contributed by atoms with Crippen molar-refractivity contribution in [1.82, 2.24) is 0 Å². The van der Waals surface area contributed by atoms with E-state index in [1.54, 1.807) is 0 Å². The molecule has 0 aliphatic heterocycles. The maximum atomic E-state index is 8.51. The maximum Gasteiger partial charge on any atom is 0.0777 e. The lowest BCUT2D eigenvalue weighted by molar-refractivity contribution is 0.0237. The fraction of sp³-hybridized carbons (Fsp3) is 0.636. The Morgan fingerprint density at radius 3 is 2.00 bits per heavy atom. The fourth-order valence-electron chi connectivity index (χ4n) is 0.482. The van der Waals surface area contributed by atoms with Gasteiger partial charge in [-0.05, 0) is 13.3 Å². The van der Waals surface area contributed by atoms with Gasteiger partial charge in [0, 0.05) is 6.61 Å². The van der Waals surface area contributed by atoms with Gasteiger partial charge in [-0.1, -0.05) is 13.3 Å². The second-order valence-corrected chi connectivity index (χ2v) is 2.22. The van der Waals surface area contributed by atoms with Crippen LogP contribution in [-0.4, -0.2) is 24.4 Å². The Balaban J connectivity index is -0.000000218. The molecule has 0 aromatic carbocycles. The van der Waals surface area contributed by atoms with E-state index in [0.717, 1.165) is 19.4 Å². The summed E-state index contributed by atoms with van der Waals surface area (Å²) in [5, 5.41) is 8.51. The third-order valence-corrected chi connectivity index (χ3v) is 1.16. The molecule has 2 heteroatoms. The zero-order valence-electron chi connectivity index (χ0n) is 9.09. The van der Waals surface area contributed by atoms with Gasteiger partial charge in [0.1, 0.15) is 0 Å². The highest BCUT2D eigenvalue weighted by Crippen LogP contribution is 1.92. The van der Waals surface area contributed by atoms with Crippen molar-refractivity contribution in [2.24, 2.45) is 0 Å². The van der Waals surface area contributed by atoms with Crippen molar-refractivity contribution in [3.63, 3.8) is 0 Å². The number of aliphatic hydroxyl groups is 1. The normalized spacial score (nSPS) is 10.1. The zero-order valence-corrected chi connectivity index (χ0v) is 9.09. The van der Waals surface area contributed by atoms with E-state index in [1.807, 2.05) is 6.92 Å². The summed E-state index contributed by atoms with van der Waals surface area (Å²) in [6.45, 7) is 16.9. The van der Waals surface area contributed by atoms with E-state index >= 15 is 0 Å². The molecule has 1 atom stereocenters. The van der Waals surface area contributed by atoms with Crippen LogP contribution in [0.3, 0.4) is 0 Å². The molecule has 0 heterocycles. The number of hydrogen-bond donors (Lipinski definition) is 1. The van der Waals surface area contributed by atoms with E-state index < -0.39 is 0 Å². The molecule has 0 bridgehead atoms. The molecule has 0 aliphatic carbocycles. The van der Waals surface area contributed by atoms with Gasteiger partial charge in [-0.3, -0.25) is 0 Å². The molecule has 1 N–H and O–H groups in total. The molecule has 0 spiro atoms. The molecule has 1 unspecified atom stereocenters. The average Bonchev–Trinajstić information content (AvgIpc) is 2.24. The average molecular weight is 188 g/mol. The highest BCUT2D eigenvalue weighted by molar-refractivity contribution is 4.43. The van der Waals surface area contributed by atoms with Crippen molar-refractivity contribution in [3.8, 4) is 0 Å². The van der Waals surface area contributed by atoms with Crippen LogP contribution in [0.15, 0.2) is 26.3 Å². The van der Waals surface area contributed by atoms with Gasteiger partial charge in [0.05, 0.1) is 12.7 Å². The summed E-state index contributed by atoms with van der Waals surface area (Å²) < 4.78 is 5.18. The summed E-state index contributed by atoms with van der Waals surface area (Å²) in [5.74, 6) is 0. The summed E-state index contributed by atoms with van der Waals surface area (Å²) in [6, 6.07) is 0. The SMILES string of the molecule is C=C.C=C.CCCCOC(C)CO. The standard InChI is InChI=1S/C7H16O2.2C2H4/c1-3-4-5-9-7(2)6-8;2*1-2/h7-8H,3-6H2,1-2H3;2*1-2H2.